The van der Waals surface area contributed by atoms with E-state index in [0.29, 0.717) is 12.0 Å². The highest BCUT2D eigenvalue weighted by Crippen LogP contribution is 2.72. The molecular formula is C18H22O2. The maximum Gasteiger partial charge on any atom is 0.120 e. The average Bonchev–Trinajstić information content (AvgIpc) is 3.36. The van der Waals surface area contributed by atoms with Crippen molar-refractivity contribution in [3.05, 3.63) is 29.8 Å². The molecule has 0 heterocycles. The summed E-state index contributed by atoms with van der Waals surface area (Å²) in [6.45, 7) is 0. The van der Waals surface area contributed by atoms with E-state index in [1.165, 1.54) is 32.1 Å². The topological polar surface area (TPSA) is 29.5 Å². The fourth-order valence-electron chi connectivity index (χ4n) is 5.19. The Labute approximate surface area is 120 Å². The molecule has 2 bridgehead atoms. The van der Waals surface area contributed by atoms with Gasteiger partial charge in [0, 0.05) is 0 Å². The molecule has 0 saturated heterocycles. The normalized spacial score (nSPS) is 42.4. The Balaban J connectivity index is 1.35. The fourth-order valence-corrected chi connectivity index (χ4v) is 5.19. The molecule has 0 aliphatic heterocycles. The molecule has 4 fully saturated rings. The van der Waals surface area contributed by atoms with E-state index in [4.69, 9.17) is 4.74 Å². The van der Waals surface area contributed by atoms with Gasteiger partial charge in [-0.2, -0.15) is 0 Å². The number of ether oxygens (including phenoxy) is 1. The van der Waals surface area contributed by atoms with Gasteiger partial charge in [0.25, 0.3) is 0 Å². The lowest BCUT2D eigenvalue weighted by atomic mass is 9.95. The lowest BCUT2D eigenvalue weighted by Crippen LogP contribution is -2.08. The Morgan fingerprint density at radius 1 is 1.05 bits per heavy atom. The number of rotatable bonds is 4. The lowest BCUT2D eigenvalue weighted by Gasteiger charge is -2.16. The number of fused-ring (bicyclic) bond motifs is 5. The molecule has 0 spiro atoms. The molecule has 5 unspecified atom stereocenters. The summed E-state index contributed by atoms with van der Waals surface area (Å²) in [7, 11) is 0. The molecule has 0 radical (unpaired) electrons. The van der Waals surface area contributed by atoms with Crippen molar-refractivity contribution < 1.29 is 9.84 Å². The van der Waals surface area contributed by atoms with Crippen LogP contribution >= 0.6 is 0 Å². The third-order valence-corrected chi connectivity index (χ3v) is 6.19. The average molecular weight is 270 g/mol. The molecule has 2 heteroatoms. The third kappa shape index (κ3) is 1.67. The summed E-state index contributed by atoms with van der Waals surface area (Å²) in [5, 5.41) is 10.7. The van der Waals surface area contributed by atoms with E-state index in [2.05, 4.69) is 12.1 Å². The van der Waals surface area contributed by atoms with Crippen LogP contribution in [0.4, 0.5) is 0 Å². The molecule has 4 aliphatic rings. The van der Waals surface area contributed by atoms with Crippen molar-refractivity contribution in [1.82, 2.24) is 0 Å². The van der Waals surface area contributed by atoms with Crippen LogP contribution in [0.5, 0.6) is 5.75 Å². The summed E-state index contributed by atoms with van der Waals surface area (Å²) in [6, 6.07) is 8.19. The van der Waals surface area contributed by atoms with Gasteiger partial charge in [-0.1, -0.05) is 12.1 Å². The zero-order chi connectivity index (χ0) is 13.3. The summed E-state index contributed by atoms with van der Waals surface area (Å²) in [6.07, 6.45) is 6.81. The SMILES string of the molecule is OC(c1cccc(OC2CC2)c1)C1C2C3CCC(C3)C21. The van der Waals surface area contributed by atoms with Crippen LogP contribution in [-0.2, 0) is 0 Å². The molecule has 106 valence electrons. The Bertz CT molecular complexity index is 520. The van der Waals surface area contributed by atoms with Crippen molar-refractivity contribution in [3.63, 3.8) is 0 Å². The van der Waals surface area contributed by atoms with Gasteiger partial charge in [-0.25, -0.2) is 0 Å². The van der Waals surface area contributed by atoms with Crippen molar-refractivity contribution in [1.29, 1.82) is 0 Å². The van der Waals surface area contributed by atoms with Gasteiger partial charge in [-0.3, -0.25) is 0 Å². The molecule has 2 nitrogen and oxygen atoms in total. The molecule has 5 rings (SSSR count). The quantitative estimate of drug-likeness (QED) is 0.906. The zero-order valence-corrected chi connectivity index (χ0v) is 11.7. The van der Waals surface area contributed by atoms with Crippen LogP contribution < -0.4 is 4.74 Å². The van der Waals surface area contributed by atoms with Crippen LogP contribution in [0.25, 0.3) is 0 Å². The highest BCUT2D eigenvalue weighted by molar-refractivity contribution is 5.32. The van der Waals surface area contributed by atoms with E-state index in [1.807, 2.05) is 12.1 Å². The van der Waals surface area contributed by atoms with Crippen molar-refractivity contribution >= 4 is 0 Å². The first kappa shape index (κ1) is 11.6. The van der Waals surface area contributed by atoms with Gasteiger partial charge in [0.1, 0.15) is 5.75 Å². The maximum atomic E-state index is 10.7. The highest BCUT2D eigenvalue weighted by atomic mass is 16.5. The zero-order valence-electron chi connectivity index (χ0n) is 11.7. The molecule has 1 aromatic rings. The van der Waals surface area contributed by atoms with E-state index in [0.717, 1.165) is 35.0 Å². The van der Waals surface area contributed by atoms with Gasteiger partial charge in [0.2, 0.25) is 0 Å². The van der Waals surface area contributed by atoms with E-state index in [1.54, 1.807) is 0 Å². The van der Waals surface area contributed by atoms with Gasteiger partial charge >= 0.3 is 0 Å². The minimum atomic E-state index is -0.267. The maximum absolute atomic E-state index is 10.7. The number of hydrogen-bond donors (Lipinski definition) is 1. The predicted octanol–water partition coefficient (Wildman–Crippen LogP) is 3.55. The standard InChI is InChI=1S/C18H22O2/c19-18(17-15-10-4-5-11(8-10)16(15)17)12-2-1-3-14(9-12)20-13-6-7-13/h1-3,9-11,13,15-19H,4-8H2. The van der Waals surface area contributed by atoms with Crippen LogP contribution in [0.2, 0.25) is 0 Å². The number of aliphatic hydroxyl groups is 1. The number of aliphatic hydroxyl groups excluding tert-OH is 1. The molecule has 20 heavy (non-hydrogen) atoms. The summed E-state index contributed by atoms with van der Waals surface area (Å²) in [4.78, 5) is 0. The minimum Gasteiger partial charge on any atom is -0.490 e. The highest BCUT2D eigenvalue weighted by Gasteiger charge is 2.66. The van der Waals surface area contributed by atoms with Crippen molar-refractivity contribution in [3.8, 4) is 5.75 Å². The van der Waals surface area contributed by atoms with Gasteiger partial charge < -0.3 is 9.84 Å². The van der Waals surface area contributed by atoms with Crippen LogP contribution in [0.1, 0.15) is 43.8 Å². The summed E-state index contributed by atoms with van der Waals surface area (Å²) in [5.74, 6) is 5.00. The van der Waals surface area contributed by atoms with Crippen LogP contribution in [0.15, 0.2) is 24.3 Å². The van der Waals surface area contributed by atoms with E-state index in [9.17, 15) is 5.11 Å². The van der Waals surface area contributed by atoms with E-state index < -0.39 is 0 Å². The second-order valence-corrected chi connectivity index (χ2v) is 7.40. The van der Waals surface area contributed by atoms with E-state index in [-0.39, 0.29) is 6.10 Å². The molecule has 4 saturated carbocycles. The summed E-state index contributed by atoms with van der Waals surface area (Å²) in [5.41, 5.74) is 1.07. The second kappa shape index (κ2) is 4.00. The summed E-state index contributed by atoms with van der Waals surface area (Å²) < 4.78 is 5.85. The minimum absolute atomic E-state index is 0.267. The molecular weight excluding hydrogens is 248 g/mol. The van der Waals surface area contributed by atoms with Crippen molar-refractivity contribution in [2.45, 2.75) is 44.3 Å². The molecule has 4 aliphatic carbocycles. The van der Waals surface area contributed by atoms with Crippen molar-refractivity contribution in [2.75, 3.05) is 0 Å². The molecule has 5 atom stereocenters. The monoisotopic (exact) mass is 270 g/mol. The Morgan fingerprint density at radius 2 is 1.80 bits per heavy atom. The Morgan fingerprint density at radius 3 is 2.50 bits per heavy atom. The molecule has 0 amide bonds. The summed E-state index contributed by atoms with van der Waals surface area (Å²) >= 11 is 0. The molecule has 0 aromatic heterocycles. The first-order chi connectivity index (χ1) is 9.81. The van der Waals surface area contributed by atoms with Crippen LogP contribution in [-0.4, -0.2) is 11.2 Å². The first-order valence-corrected chi connectivity index (χ1v) is 8.26. The second-order valence-electron chi connectivity index (χ2n) is 7.40. The van der Waals surface area contributed by atoms with Gasteiger partial charge in [0.15, 0.2) is 0 Å². The van der Waals surface area contributed by atoms with E-state index >= 15 is 0 Å². The first-order valence-electron chi connectivity index (χ1n) is 8.26. The molecule has 1 N–H and O–H groups in total. The van der Waals surface area contributed by atoms with Gasteiger partial charge in [0.05, 0.1) is 12.2 Å². The Kier molecular flexibility index (Phi) is 2.33. The largest absolute Gasteiger partial charge is 0.490 e. The Hall–Kier alpha value is -1.02. The van der Waals surface area contributed by atoms with Crippen molar-refractivity contribution in [2.24, 2.45) is 29.6 Å². The number of benzene rings is 1. The lowest BCUT2D eigenvalue weighted by molar-refractivity contribution is 0.129. The smallest absolute Gasteiger partial charge is 0.120 e. The number of hydrogen-bond acceptors (Lipinski definition) is 2. The fraction of sp³-hybridized carbons (Fsp3) is 0.667. The van der Waals surface area contributed by atoms with Gasteiger partial charge in [-0.05, 0) is 79.4 Å². The third-order valence-electron chi connectivity index (χ3n) is 6.19. The van der Waals surface area contributed by atoms with Crippen LogP contribution in [0, 0.1) is 29.6 Å². The predicted molar refractivity (Wildman–Crippen MR) is 76.4 cm³/mol. The molecule has 1 aromatic carbocycles. The van der Waals surface area contributed by atoms with Crippen LogP contribution in [0.3, 0.4) is 0 Å². The van der Waals surface area contributed by atoms with Gasteiger partial charge in [-0.15, -0.1) is 0 Å².